The Morgan fingerprint density at radius 2 is 2.09 bits per heavy atom. The molecule has 3 heteroatoms. The zero-order valence-electron chi connectivity index (χ0n) is 7.76. The average Bonchev–Trinajstić information content (AvgIpc) is 2.00. The second-order valence-corrected chi connectivity index (χ2v) is 2.60. The lowest BCUT2D eigenvalue weighted by molar-refractivity contribution is -0.278. The van der Waals surface area contributed by atoms with Gasteiger partial charge in [-0.25, -0.2) is 0 Å². The highest BCUT2D eigenvalue weighted by atomic mass is 16.7. The van der Waals surface area contributed by atoms with Gasteiger partial charge in [0, 0.05) is 14.0 Å². The SMILES string of the molecule is C=CCOC(C)(OC)N(C)C. The number of rotatable bonds is 5. The van der Waals surface area contributed by atoms with Gasteiger partial charge in [0.1, 0.15) is 0 Å². The monoisotopic (exact) mass is 159 g/mol. The summed E-state index contributed by atoms with van der Waals surface area (Å²) in [5, 5.41) is 0. The molecule has 0 saturated carbocycles. The van der Waals surface area contributed by atoms with E-state index in [4.69, 9.17) is 9.47 Å². The minimum atomic E-state index is -0.645. The van der Waals surface area contributed by atoms with Crippen molar-refractivity contribution in [3.05, 3.63) is 12.7 Å². The summed E-state index contributed by atoms with van der Waals surface area (Å²) in [6.45, 7) is 5.90. The molecule has 0 rings (SSSR count). The molecule has 66 valence electrons. The average molecular weight is 159 g/mol. The summed E-state index contributed by atoms with van der Waals surface area (Å²) in [7, 11) is 5.41. The lowest BCUT2D eigenvalue weighted by Gasteiger charge is -2.33. The molecule has 0 spiro atoms. The van der Waals surface area contributed by atoms with Gasteiger partial charge in [-0.1, -0.05) is 6.08 Å². The molecule has 0 bridgehead atoms. The van der Waals surface area contributed by atoms with Crippen LogP contribution < -0.4 is 0 Å². The van der Waals surface area contributed by atoms with E-state index in [1.807, 2.05) is 25.9 Å². The summed E-state index contributed by atoms with van der Waals surface area (Å²) in [6.07, 6.45) is 1.70. The van der Waals surface area contributed by atoms with Gasteiger partial charge in [0.15, 0.2) is 0 Å². The molecule has 0 aromatic carbocycles. The molecular weight excluding hydrogens is 142 g/mol. The van der Waals surface area contributed by atoms with Crippen LogP contribution in [0.25, 0.3) is 0 Å². The highest BCUT2D eigenvalue weighted by molar-refractivity contribution is 4.67. The molecule has 0 aliphatic rings. The van der Waals surface area contributed by atoms with Crippen LogP contribution in [0.2, 0.25) is 0 Å². The van der Waals surface area contributed by atoms with Crippen LogP contribution in [0.3, 0.4) is 0 Å². The first-order valence-corrected chi connectivity index (χ1v) is 3.54. The topological polar surface area (TPSA) is 21.7 Å². The predicted octanol–water partition coefficient (Wildman–Crippen LogP) is 1.07. The fourth-order valence-corrected chi connectivity index (χ4v) is 0.584. The summed E-state index contributed by atoms with van der Waals surface area (Å²) in [5.41, 5.74) is 0. The Morgan fingerprint density at radius 1 is 1.55 bits per heavy atom. The minimum Gasteiger partial charge on any atom is -0.341 e. The number of hydrogen-bond acceptors (Lipinski definition) is 3. The number of methoxy groups -OCH3 is 1. The van der Waals surface area contributed by atoms with Crippen LogP contribution in [0, 0.1) is 0 Å². The van der Waals surface area contributed by atoms with Gasteiger partial charge < -0.3 is 9.47 Å². The second-order valence-electron chi connectivity index (χ2n) is 2.60. The largest absolute Gasteiger partial charge is 0.341 e. The van der Waals surface area contributed by atoms with Gasteiger partial charge in [-0.15, -0.1) is 6.58 Å². The minimum absolute atomic E-state index is 0.489. The molecule has 0 aliphatic heterocycles. The van der Waals surface area contributed by atoms with E-state index in [0.29, 0.717) is 6.61 Å². The molecule has 0 N–H and O–H groups in total. The Bertz CT molecular complexity index is 125. The zero-order valence-corrected chi connectivity index (χ0v) is 7.76. The first-order chi connectivity index (χ1) is 5.06. The van der Waals surface area contributed by atoms with Crippen LogP contribution in [0.4, 0.5) is 0 Å². The van der Waals surface area contributed by atoms with Crippen molar-refractivity contribution in [1.82, 2.24) is 4.90 Å². The van der Waals surface area contributed by atoms with E-state index in [2.05, 4.69) is 6.58 Å². The smallest absolute Gasteiger partial charge is 0.226 e. The summed E-state index contributed by atoms with van der Waals surface area (Å²) in [4.78, 5) is 1.86. The van der Waals surface area contributed by atoms with Gasteiger partial charge in [-0.05, 0) is 14.1 Å². The molecule has 0 radical (unpaired) electrons. The Hall–Kier alpha value is -0.380. The Labute approximate surface area is 68.6 Å². The Balaban J connectivity index is 3.98. The third-order valence-electron chi connectivity index (χ3n) is 1.66. The van der Waals surface area contributed by atoms with E-state index < -0.39 is 5.91 Å². The molecule has 0 aliphatic carbocycles. The third-order valence-corrected chi connectivity index (χ3v) is 1.66. The van der Waals surface area contributed by atoms with Crippen molar-refractivity contribution in [2.24, 2.45) is 0 Å². The van der Waals surface area contributed by atoms with Crippen LogP contribution >= 0.6 is 0 Å². The number of ether oxygens (including phenoxy) is 2. The molecule has 0 aromatic heterocycles. The van der Waals surface area contributed by atoms with Gasteiger partial charge >= 0.3 is 0 Å². The molecule has 0 fully saturated rings. The maximum atomic E-state index is 5.38. The normalized spacial score (nSPS) is 16.5. The highest BCUT2D eigenvalue weighted by Gasteiger charge is 2.26. The van der Waals surface area contributed by atoms with Crippen molar-refractivity contribution in [3.63, 3.8) is 0 Å². The van der Waals surface area contributed by atoms with Crippen molar-refractivity contribution in [3.8, 4) is 0 Å². The quantitative estimate of drug-likeness (QED) is 0.442. The highest BCUT2D eigenvalue weighted by Crippen LogP contribution is 2.13. The van der Waals surface area contributed by atoms with E-state index in [0.717, 1.165) is 0 Å². The fourth-order valence-electron chi connectivity index (χ4n) is 0.584. The van der Waals surface area contributed by atoms with Crippen LogP contribution in [0.15, 0.2) is 12.7 Å². The van der Waals surface area contributed by atoms with Crippen molar-refractivity contribution in [2.45, 2.75) is 12.8 Å². The maximum Gasteiger partial charge on any atom is 0.226 e. The summed E-state index contributed by atoms with van der Waals surface area (Å²) < 4.78 is 10.5. The first-order valence-electron chi connectivity index (χ1n) is 3.54. The molecule has 0 heterocycles. The van der Waals surface area contributed by atoms with Gasteiger partial charge in [0.25, 0.3) is 0 Å². The van der Waals surface area contributed by atoms with Gasteiger partial charge in [0.05, 0.1) is 6.61 Å². The fraction of sp³-hybridized carbons (Fsp3) is 0.750. The lowest BCUT2D eigenvalue weighted by atomic mass is 10.5. The standard InChI is InChI=1S/C8H17NO2/c1-6-7-11-8(2,10-5)9(3)4/h6H,1,7H2,2-5H3. The van der Waals surface area contributed by atoms with Gasteiger partial charge in [0.2, 0.25) is 5.91 Å². The molecule has 1 unspecified atom stereocenters. The van der Waals surface area contributed by atoms with Gasteiger partial charge in [-0.2, -0.15) is 0 Å². The number of hydrogen-bond donors (Lipinski definition) is 0. The molecule has 3 nitrogen and oxygen atoms in total. The summed E-state index contributed by atoms with van der Waals surface area (Å²) in [5.74, 6) is -0.645. The van der Waals surface area contributed by atoms with E-state index in [1.54, 1.807) is 13.2 Å². The van der Waals surface area contributed by atoms with Crippen molar-refractivity contribution in [2.75, 3.05) is 27.8 Å². The van der Waals surface area contributed by atoms with Crippen molar-refractivity contribution < 1.29 is 9.47 Å². The summed E-state index contributed by atoms with van der Waals surface area (Å²) >= 11 is 0. The van der Waals surface area contributed by atoms with Crippen LogP contribution in [-0.4, -0.2) is 38.6 Å². The van der Waals surface area contributed by atoms with Crippen molar-refractivity contribution >= 4 is 0 Å². The Morgan fingerprint density at radius 3 is 2.36 bits per heavy atom. The van der Waals surface area contributed by atoms with E-state index in [9.17, 15) is 0 Å². The number of nitrogens with zero attached hydrogens (tertiary/aromatic N) is 1. The third kappa shape index (κ3) is 3.01. The molecule has 0 saturated heterocycles. The van der Waals surface area contributed by atoms with Crippen LogP contribution in [-0.2, 0) is 9.47 Å². The summed E-state index contributed by atoms with van der Waals surface area (Å²) in [6, 6.07) is 0. The molecule has 1 atom stereocenters. The second kappa shape index (κ2) is 4.49. The molecule has 11 heavy (non-hydrogen) atoms. The Kier molecular flexibility index (Phi) is 4.33. The van der Waals surface area contributed by atoms with Crippen LogP contribution in [0.1, 0.15) is 6.92 Å². The van der Waals surface area contributed by atoms with E-state index >= 15 is 0 Å². The van der Waals surface area contributed by atoms with E-state index in [-0.39, 0.29) is 0 Å². The first kappa shape index (κ1) is 10.6. The molecule has 0 aromatic rings. The van der Waals surface area contributed by atoms with Gasteiger partial charge in [-0.3, -0.25) is 4.90 Å². The zero-order chi connectivity index (χ0) is 8.91. The van der Waals surface area contributed by atoms with Crippen LogP contribution in [0.5, 0.6) is 0 Å². The van der Waals surface area contributed by atoms with Crippen molar-refractivity contribution in [1.29, 1.82) is 0 Å². The molecular formula is C8H17NO2. The predicted molar refractivity (Wildman–Crippen MR) is 45.3 cm³/mol. The molecule has 0 amide bonds. The lowest BCUT2D eigenvalue weighted by Crippen LogP contribution is -2.45. The maximum absolute atomic E-state index is 5.38. The van der Waals surface area contributed by atoms with E-state index in [1.165, 1.54) is 0 Å².